The molecular formula is C15H30O5S. The lowest BCUT2D eigenvalue weighted by molar-refractivity contribution is -0.144. The molecule has 0 atom stereocenters. The van der Waals surface area contributed by atoms with Crippen LogP contribution in [0.15, 0.2) is 0 Å². The summed E-state index contributed by atoms with van der Waals surface area (Å²) < 4.78 is 31.9. The van der Waals surface area contributed by atoms with Crippen LogP contribution >= 0.6 is 0 Å². The normalized spacial score (nSPS) is 12.4. The van der Waals surface area contributed by atoms with Crippen LogP contribution in [0.2, 0.25) is 0 Å². The fourth-order valence-electron chi connectivity index (χ4n) is 1.74. The molecule has 0 saturated heterocycles. The van der Waals surface area contributed by atoms with Crippen molar-refractivity contribution in [3.63, 3.8) is 0 Å². The Bertz CT molecular complexity index is 387. The number of hydrogen-bond acceptors (Lipinski definition) is 5. The molecule has 6 heteroatoms. The Labute approximate surface area is 129 Å². The maximum atomic E-state index is 11.6. The van der Waals surface area contributed by atoms with Gasteiger partial charge in [0, 0.05) is 6.42 Å². The molecule has 0 aliphatic rings. The lowest BCUT2D eigenvalue weighted by Gasteiger charge is -2.23. The van der Waals surface area contributed by atoms with Crippen molar-refractivity contribution in [2.24, 2.45) is 5.41 Å². The van der Waals surface area contributed by atoms with Crippen molar-refractivity contribution in [2.45, 2.75) is 65.7 Å². The van der Waals surface area contributed by atoms with Crippen LogP contribution in [0.25, 0.3) is 0 Å². The first-order valence-electron chi connectivity index (χ1n) is 7.66. The van der Waals surface area contributed by atoms with E-state index in [0.717, 1.165) is 19.1 Å². The lowest BCUT2D eigenvalue weighted by Crippen LogP contribution is -2.23. The molecular weight excluding hydrogens is 292 g/mol. The average Bonchev–Trinajstić information content (AvgIpc) is 2.38. The minimum absolute atomic E-state index is 0.0795. The van der Waals surface area contributed by atoms with Gasteiger partial charge in [0.05, 0.1) is 19.5 Å². The third kappa shape index (κ3) is 14.1. The number of ether oxygens (including phenoxy) is 1. The summed E-state index contributed by atoms with van der Waals surface area (Å²) in [7, 11) is -3.44. The van der Waals surface area contributed by atoms with Crippen LogP contribution in [0.1, 0.15) is 65.7 Å². The molecule has 5 nitrogen and oxygen atoms in total. The van der Waals surface area contributed by atoms with Crippen LogP contribution in [-0.4, -0.2) is 33.9 Å². The van der Waals surface area contributed by atoms with E-state index >= 15 is 0 Å². The highest BCUT2D eigenvalue weighted by atomic mass is 32.2. The van der Waals surface area contributed by atoms with E-state index in [4.69, 9.17) is 8.92 Å². The van der Waals surface area contributed by atoms with Crippen LogP contribution in [0.3, 0.4) is 0 Å². The average molecular weight is 322 g/mol. The van der Waals surface area contributed by atoms with Crippen molar-refractivity contribution in [3.05, 3.63) is 0 Å². The molecule has 0 saturated carbocycles. The van der Waals surface area contributed by atoms with Crippen molar-refractivity contribution in [2.75, 3.05) is 19.5 Å². The van der Waals surface area contributed by atoms with E-state index in [1.54, 1.807) is 0 Å². The van der Waals surface area contributed by atoms with Crippen molar-refractivity contribution < 1.29 is 22.1 Å². The van der Waals surface area contributed by atoms with Crippen LogP contribution in [0.4, 0.5) is 0 Å². The van der Waals surface area contributed by atoms with E-state index in [1.807, 2.05) is 13.8 Å². The molecule has 0 aromatic carbocycles. The number of unbranched alkanes of at least 4 members (excludes halogenated alkanes) is 4. The van der Waals surface area contributed by atoms with E-state index in [1.165, 1.54) is 19.3 Å². The molecule has 0 heterocycles. The highest BCUT2D eigenvalue weighted by Gasteiger charge is 2.22. The smallest absolute Gasteiger partial charge is 0.305 e. The third-order valence-corrected chi connectivity index (χ3v) is 3.73. The Hall–Kier alpha value is -0.620. The molecule has 0 aromatic heterocycles. The third-order valence-electron chi connectivity index (χ3n) is 3.18. The van der Waals surface area contributed by atoms with Gasteiger partial charge in [0.25, 0.3) is 10.1 Å². The first-order valence-corrected chi connectivity index (χ1v) is 9.48. The first-order chi connectivity index (χ1) is 9.66. The molecule has 126 valence electrons. The number of esters is 1. The van der Waals surface area contributed by atoms with Gasteiger partial charge in [0.1, 0.15) is 0 Å². The second kappa shape index (κ2) is 10.2. The van der Waals surface area contributed by atoms with Gasteiger partial charge in [-0.15, -0.1) is 0 Å². The van der Waals surface area contributed by atoms with E-state index in [-0.39, 0.29) is 24.4 Å². The maximum absolute atomic E-state index is 11.6. The molecule has 0 aromatic rings. The number of carbonyl (C=O) groups is 1. The molecule has 0 fully saturated rings. The molecule has 0 rings (SSSR count). The summed E-state index contributed by atoms with van der Waals surface area (Å²) in [6.45, 7) is 6.46. The van der Waals surface area contributed by atoms with Gasteiger partial charge in [-0.3, -0.25) is 8.98 Å². The highest BCUT2D eigenvalue weighted by Crippen LogP contribution is 2.23. The minimum atomic E-state index is -3.44. The fraction of sp³-hybridized carbons (Fsp3) is 0.933. The summed E-state index contributed by atoms with van der Waals surface area (Å²) in [6.07, 6.45) is 7.46. The Morgan fingerprint density at radius 3 is 2.29 bits per heavy atom. The lowest BCUT2D eigenvalue weighted by atomic mass is 9.89. The Morgan fingerprint density at radius 1 is 1.10 bits per heavy atom. The number of carbonyl (C=O) groups excluding carboxylic acids is 1. The zero-order valence-electron chi connectivity index (χ0n) is 13.8. The highest BCUT2D eigenvalue weighted by molar-refractivity contribution is 7.85. The van der Waals surface area contributed by atoms with Gasteiger partial charge in [-0.1, -0.05) is 46.5 Å². The summed E-state index contributed by atoms with van der Waals surface area (Å²) >= 11 is 0. The molecule has 0 bridgehead atoms. The number of rotatable bonds is 12. The second-order valence-electron chi connectivity index (χ2n) is 6.27. The Balaban J connectivity index is 3.76. The van der Waals surface area contributed by atoms with Gasteiger partial charge >= 0.3 is 5.97 Å². The summed E-state index contributed by atoms with van der Waals surface area (Å²) in [6, 6.07) is 0. The molecule has 0 N–H and O–H groups in total. The SMILES string of the molecule is CCCCCCCOC(=O)CCC(C)(C)COS(C)(=O)=O. The van der Waals surface area contributed by atoms with Crippen LogP contribution in [-0.2, 0) is 23.8 Å². The minimum Gasteiger partial charge on any atom is -0.466 e. The predicted octanol–water partition coefficient (Wildman–Crippen LogP) is 3.28. The molecule has 0 amide bonds. The van der Waals surface area contributed by atoms with E-state index < -0.39 is 10.1 Å². The topological polar surface area (TPSA) is 69.7 Å². The first kappa shape index (κ1) is 20.4. The molecule has 0 spiro atoms. The van der Waals surface area contributed by atoms with Gasteiger partial charge in [-0.25, -0.2) is 0 Å². The zero-order chi connectivity index (χ0) is 16.4. The zero-order valence-corrected chi connectivity index (χ0v) is 14.6. The van der Waals surface area contributed by atoms with E-state index in [2.05, 4.69) is 6.92 Å². The largest absolute Gasteiger partial charge is 0.466 e. The molecule has 0 aliphatic heterocycles. The summed E-state index contributed by atoms with van der Waals surface area (Å²) in [5.41, 5.74) is -0.372. The maximum Gasteiger partial charge on any atom is 0.305 e. The van der Waals surface area contributed by atoms with Crippen LogP contribution in [0.5, 0.6) is 0 Å². The molecule has 0 radical (unpaired) electrons. The Kier molecular flexibility index (Phi) is 9.86. The standard InChI is InChI=1S/C15H30O5S/c1-5-6-7-8-9-12-19-14(16)10-11-15(2,3)13-20-21(4,17)18/h5-13H2,1-4H3. The van der Waals surface area contributed by atoms with E-state index in [0.29, 0.717) is 13.0 Å². The van der Waals surface area contributed by atoms with Crippen molar-refractivity contribution in [3.8, 4) is 0 Å². The quantitative estimate of drug-likeness (QED) is 0.313. The fourth-order valence-corrected chi connectivity index (χ4v) is 2.28. The second-order valence-corrected chi connectivity index (χ2v) is 7.91. The summed E-state index contributed by atoms with van der Waals surface area (Å²) in [4.78, 5) is 11.6. The van der Waals surface area contributed by atoms with Crippen LogP contribution < -0.4 is 0 Å². The van der Waals surface area contributed by atoms with Crippen molar-refractivity contribution >= 4 is 16.1 Å². The molecule has 21 heavy (non-hydrogen) atoms. The van der Waals surface area contributed by atoms with Gasteiger partial charge in [0.2, 0.25) is 0 Å². The van der Waals surface area contributed by atoms with Crippen molar-refractivity contribution in [1.29, 1.82) is 0 Å². The molecule has 0 unspecified atom stereocenters. The van der Waals surface area contributed by atoms with Gasteiger partial charge in [-0.05, 0) is 18.3 Å². The summed E-state index contributed by atoms with van der Waals surface area (Å²) in [5, 5.41) is 0. The Morgan fingerprint density at radius 2 is 1.71 bits per heavy atom. The monoisotopic (exact) mass is 322 g/mol. The van der Waals surface area contributed by atoms with E-state index in [9.17, 15) is 13.2 Å². The molecule has 0 aliphatic carbocycles. The van der Waals surface area contributed by atoms with Crippen LogP contribution in [0, 0.1) is 5.41 Å². The van der Waals surface area contributed by atoms with Gasteiger partial charge in [-0.2, -0.15) is 8.42 Å². The van der Waals surface area contributed by atoms with Crippen molar-refractivity contribution in [1.82, 2.24) is 0 Å². The predicted molar refractivity (Wildman–Crippen MR) is 83.5 cm³/mol. The van der Waals surface area contributed by atoms with Gasteiger partial charge in [0.15, 0.2) is 0 Å². The number of hydrogen-bond donors (Lipinski definition) is 0. The van der Waals surface area contributed by atoms with Gasteiger partial charge < -0.3 is 4.74 Å². The summed E-state index contributed by atoms with van der Waals surface area (Å²) in [5.74, 6) is -0.224.